The van der Waals surface area contributed by atoms with Crippen LogP contribution in [0.2, 0.25) is 0 Å². The molecule has 0 radical (unpaired) electrons. The van der Waals surface area contributed by atoms with Gasteiger partial charge in [-0.2, -0.15) is 0 Å². The van der Waals surface area contributed by atoms with Crippen molar-refractivity contribution in [2.75, 3.05) is 28.6 Å². The van der Waals surface area contributed by atoms with E-state index in [1.54, 1.807) is 6.33 Å². The summed E-state index contributed by atoms with van der Waals surface area (Å²) >= 11 is 0. The van der Waals surface area contributed by atoms with Gasteiger partial charge in [-0.15, -0.1) is 0 Å². The van der Waals surface area contributed by atoms with E-state index in [4.69, 9.17) is 0 Å². The van der Waals surface area contributed by atoms with Crippen molar-refractivity contribution in [1.29, 1.82) is 0 Å². The fraction of sp³-hybridized carbons (Fsp3) is 0.476. The molecule has 144 valence electrons. The van der Waals surface area contributed by atoms with Crippen LogP contribution >= 0.6 is 0 Å². The molecule has 27 heavy (non-hydrogen) atoms. The van der Waals surface area contributed by atoms with Gasteiger partial charge < -0.3 is 15.5 Å². The van der Waals surface area contributed by atoms with E-state index in [-0.39, 0.29) is 5.91 Å². The Labute approximate surface area is 161 Å². The summed E-state index contributed by atoms with van der Waals surface area (Å²) in [7, 11) is 0. The van der Waals surface area contributed by atoms with Crippen LogP contribution in [-0.4, -0.2) is 29.0 Å². The molecular weight excluding hydrogens is 338 g/mol. The Kier molecular flexibility index (Phi) is 6.63. The van der Waals surface area contributed by atoms with Gasteiger partial charge in [-0.05, 0) is 42.9 Å². The van der Waals surface area contributed by atoms with E-state index in [0.717, 1.165) is 36.0 Å². The van der Waals surface area contributed by atoms with Gasteiger partial charge in [-0.3, -0.25) is 4.79 Å². The van der Waals surface area contributed by atoms with Crippen molar-refractivity contribution in [3.05, 3.63) is 42.2 Å². The molecule has 0 aliphatic carbocycles. The van der Waals surface area contributed by atoms with Gasteiger partial charge in [0.2, 0.25) is 5.91 Å². The Morgan fingerprint density at radius 3 is 2.74 bits per heavy atom. The van der Waals surface area contributed by atoms with Crippen molar-refractivity contribution < 1.29 is 4.79 Å². The summed E-state index contributed by atoms with van der Waals surface area (Å²) in [4.78, 5) is 23.0. The minimum atomic E-state index is 0.0529. The van der Waals surface area contributed by atoms with Gasteiger partial charge in [0.05, 0.1) is 0 Å². The van der Waals surface area contributed by atoms with Crippen LogP contribution in [0.4, 0.5) is 17.3 Å². The first kappa shape index (κ1) is 19.1. The Morgan fingerprint density at radius 2 is 1.96 bits per heavy atom. The van der Waals surface area contributed by atoms with Crippen molar-refractivity contribution in [3.63, 3.8) is 0 Å². The molecule has 0 bridgehead atoms. The van der Waals surface area contributed by atoms with Crippen LogP contribution in [0.5, 0.6) is 0 Å². The third-order valence-electron chi connectivity index (χ3n) is 4.61. The first-order valence-electron chi connectivity index (χ1n) is 9.80. The molecule has 6 heteroatoms. The highest BCUT2D eigenvalue weighted by Crippen LogP contribution is 2.20. The molecule has 1 aromatic heterocycles. The number of aromatic nitrogens is 2. The summed E-state index contributed by atoms with van der Waals surface area (Å²) in [6.07, 6.45) is 5.90. The molecular formula is C21H29N5O. The first-order chi connectivity index (χ1) is 13.1. The number of anilines is 3. The number of nitrogens with one attached hydrogen (secondary N) is 2. The van der Waals surface area contributed by atoms with Crippen LogP contribution in [0, 0.1) is 5.92 Å². The molecule has 0 atom stereocenters. The molecule has 0 spiro atoms. The van der Waals surface area contributed by atoms with Crippen LogP contribution in [0.25, 0.3) is 0 Å². The van der Waals surface area contributed by atoms with Crippen LogP contribution in [-0.2, 0) is 11.3 Å². The molecule has 1 fully saturated rings. The smallest absolute Gasteiger partial charge is 0.224 e. The fourth-order valence-electron chi connectivity index (χ4n) is 3.27. The molecule has 1 amide bonds. The molecule has 2 aromatic rings. The number of nitrogens with zero attached hydrogens (tertiary/aromatic N) is 3. The first-order valence-corrected chi connectivity index (χ1v) is 9.80. The highest BCUT2D eigenvalue weighted by atomic mass is 16.1. The zero-order valence-corrected chi connectivity index (χ0v) is 16.2. The van der Waals surface area contributed by atoms with Crippen LogP contribution in [0.15, 0.2) is 36.7 Å². The average molecular weight is 367 g/mol. The molecule has 2 heterocycles. The number of hydrogen-bond acceptors (Lipinski definition) is 5. The summed E-state index contributed by atoms with van der Waals surface area (Å²) in [6, 6.07) is 9.93. The van der Waals surface area contributed by atoms with Gasteiger partial charge in [0.15, 0.2) is 0 Å². The molecule has 6 nitrogen and oxygen atoms in total. The lowest BCUT2D eigenvalue weighted by Crippen LogP contribution is -2.30. The molecule has 1 aromatic carbocycles. The largest absolute Gasteiger partial charge is 0.366 e. The van der Waals surface area contributed by atoms with Crippen molar-refractivity contribution in [2.45, 2.75) is 46.1 Å². The number of carbonyl (C=O) groups is 1. The van der Waals surface area contributed by atoms with Crippen molar-refractivity contribution in [2.24, 2.45) is 5.92 Å². The second-order valence-corrected chi connectivity index (χ2v) is 7.51. The summed E-state index contributed by atoms with van der Waals surface area (Å²) < 4.78 is 0. The monoisotopic (exact) mass is 367 g/mol. The SMILES string of the molecule is CC(C)CC(=O)Nc1cccc(CNc2cc(N3CCCCC3)ncn2)c1. The maximum Gasteiger partial charge on any atom is 0.224 e. The Bertz CT molecular complexity index is 756. The van der Waals surface area contributed by atoms with Crippen LogP contribution < -0.4 is 15.5 Å². The molecule has 1 aliphatic rings. The fourth-order valence-corrected chi connectivity index (χ4v) is 3.27. The minimum absolute atomic E-state index is 0.0529. The summed E-state index contributed by atoms with van der Waals surface area (Å²) in [5, 5.41) is 6.33. The molecule has 1 aliphatic heterocycles. The number of hydrogen-bond donors (Lipinski definition) is 2. The predicted octanol–water partition coefficient (Wildman–Crippen LogP) is 4.06. The molecule has 1 saturated heterocycles. The highest BCUT2D eigenvalue weighted by Gasteiger charge is 2.12. The Hall–Kier alpha value is -2.63. The van der Waals surface area contributed by atoms with Gasteiger partial charge in [-0.1, -0.05) is 26.0 Å². The Morgan fingerprint density at radius 1 is 1.15 bits per heavy atom. The van der Waals surface area contributed by atoms with Gasteiger partial charge in [0.25, 0.3) is 0 Å². The van der Waals surface area contributed by atoms with Crippen molar-refractivity contribution in [1.82, 2.24) is 9.97 Å². The van der Waals surface area contributed by atoms with E-state index >= 15 is 0 Å². The van der Waals surface area contributed by atoms with Crippen LogP contribution in [0.1, 0.15) is 45.1 Å². The molecule has 0 saturated carbocycles. The Balaban J connectivity index is 1.58. The second kappa shape index (κ2) is 9.35. The van der Waals surface area contributed by atoms with Gasteiger partial charge in [0, 0.05) is 37.8 Å². The quantitative estimate of drug-likeness (QED) is 0.772. The molecule has 0 unspecified atom stereocenters. The predicted molar refractivity (Wildman–Crippen MR) is 110 cm³/mol. The summed E-state index contributed by atoms with van der Waals surface area (Å²) in [5.41, 5.74) is 1.92. The van der Waals surface area contributed by atoms with E-state index < -0.39 is 0 Å². The number of carbonyl (C=O) groups excluding carboxylic acids is 1. The molecule has 2 N–H and O–H groups in total. The van der Waals surface area contributed by atoms with Crippen molar-refractivity contribution >= 4 is 23.2 Å². The third-order valence-corrected chi connectivity index (χ3v) is 4.61. The lowest BCUT2D eigenvalue weighted by Gasteiger charge is -2.27. The van der Waals surface area contributed by atoms with Gasteiger partial charge in [0.1, 0.15) is 18.0 Å². The highest BCUT2D eigenvalue weighted by molar-refractivity contribution is 5.90. The normalized spacial score (nSPS) is 14.3. The van der Waals surface area contributed by atoms with E-state index in [9.17, 15) is 4.79 Å². The number of benzene rings is 1. The minimum Gasteiger partial charge on any atom is -0.366 e. The number of rotatable bonds is 7. The topological polar surface area (TPSA) is 70.2 Å². The zero-order valence-electron chi connectivity index (χ0n) is 16.2. The van der Waals surface area contributed by atoms with E-state index in [2.05, 4.69) is 25.5 Å². The molecule has 3 rings (SSSR count). The van der Waals surface area contributed by atoms with Gasteiger partial charge >= 0.3 is 0 Å². The number of amides is 1. The van der Waals surface area contributed by atoms with Crippen molar-refractivity contribution in [3.8, 4) is 0 Å². The third kappa shape index (κ3) is 5.94. The van der Waals surface area contributed by atoms with E-state index in [1.807, 2.05) is 44.2 Å². The summed E-state index contributed by atoms with van der Waals surface area (Å²) in [5.74, 6) is 2.21. The maximum atomic E-state index is 12.0. The summed E-state index contributed by atoms with van der Waals surface area (Å²) in [6.45, 7) is 6.85. The second-order valence-electron chi connectivity index (χ2n) is 7.51. The number of piperidine rings is 1. The maximum absolute atomic E-state index is 12.0. The average Bonchev–Trinajstić information content (AvgIpc) is 2.67. The lowest BCUT2D eigenvalue weighted by atomic mass is 10.1. The lowest BCUT2D eigenvalue weighted by molar-refractivity contribution is -0.116. The van der Waals surface area contributed by atoms with E-state index in [0.29, 0.717) is 18.9 Å². The van der Waals surface area contributed by atoms with Crippen LogP contribution in [0.3, 0.4) is 0 Å². The zero-order chi connectivity index (χ0) is 19.1. The van der Waals surface area contributed by atoms with E-state index in [1.165, 1.54) is 19.3 Å². The van der Waals surface area contributed by atoms with Gasteiger partial charge in [-0.25, -0.2) is 9.97 Å². The standard InChI is InChI=1S/C21H29N5O/c1-16(2)11-21(27)25-18-8-6-7-17(12-18)14-22-19-13-20(24-15-23-19)26-9-4-3-5-10-26/h6-8,12-13,15-16H,3-5,9-11,14H2,1-2H3,(H,25,27)(H,22,23,24).